The second kappa shape index (κ2) is 5.83. The van der Waals surface area contributed by atoms with Gasteiger partial charge in [-0.15, -0.1) is 0 Å². The number of hydrogen-bond donors (Lipinski definition) is 2. The highest BCUT2D eigenvalue weighted by Gasteiger charge is 2.39. The maximum absolute atomic E-state index is 11.5. The first-order valence-corrected chi connectivity index (χ1v) is 7.13. The highest BCUT2D eigenvalue weighted by atomic mass is 16.5. The Labute approximate surface area is 120 Å². The molecule has 0 radical (unpaired) electrons. The van der Waals surface area contributed by atoms with Gasteiger partial charge in [-0.3, -0.25) is 10.1 Å². The zero-order valence-corrected chi connectivity index (χ0v) is 12.3. The maximum Gasteiger partial charge on any atom is 0.323 e. The fraction of sp³-hybridized carbons (Fsp3) is 0.562. The van der Waals surface area contributed by atoms with Crippen LogP contribution in [0.4, 0.5) is 0 Å². The van der Waals surface area contributed by atoms with Gasteiger partial charge >= 0.3 is 5.97 Å². The van der Waals surface area contributed by atoms with E-state index >= 15 is 0 Å². The number of aliphatic carboxylic acids is 1. The smallest absolute Gasteiger partial charge is 0.323 e. The molecule has 4 nitrogen and oxygen atoms in total. The van der Waals surface area contributed by atoms with E-state index in [1.54, 1.807) is 6.92 Å². The molecular formula is C16H23NO3. The number of carboxylic acids is 1. The molecule has 0 aliphatic heterocycles. The van der Waals surface area contributed by atoms with E-state index in [-0.39, 0.29) is 6.10 Å². The number of carbonyl (C=O) groups is 1. The van der Waals surface area contributed by atoms with Crippen LogP contribution in [0.25, 0.3) is 0 Å². The molecule has 2 N–H and O–H groups in total. The minimum absolute atomic E-state index is 0.163. The summed E-state index contributed by atoms with van der Waals surface area (Å²) in [5.41, 5.74) is 0.205. The Balaban J connectivity index is 1.97. The zero-order valence-electron chi connectivity index (χ0n) is 12.3. The fourth-order valence-electron chi connectivity index (χ4n) is 2.42. The van der Waals surface area contributed by atoms with Crippen LogP contribution in [0.2, 0.25) is 0 Å². The van der Waals surface area contributed by atoms with Crippen molar-refractivity contribution in [2.24, 2.45) is 0 Å². The van der Waals surface area contributed by atoms with E-state index in [1.807, 2.05) is 38.1 Å². The summed E-state index contributed by atoms with van der Waals surface area (Å²) in [7, 11) is 0. The monoisotopic (exact) mass is 277 g/mol. The largest absolute Gasteiger partial charge is 0.491 e. The number of hydrogen-bond acceptors (Lipinski definition) is 3. The lowest BCUT2D eigenvalue weighted by molar-refractivity contribution is -0.145. The third kappa shape index (κ3) is 3.97. The van der Waals surface area contributed by atoms with Gasteiger partial charge in [0.15, 0.2) is 0 Å². The standard InChI is InChI=1S/C16H23NO3/c1-11-5-4-6-14(9-11)20-12(2)10-16(3,15(18)19)17-13-7-8-13/h4-6,9,12-13,17H,7-8,10H2,1-3H3,(H,18,19). The van der Waals surface area contributed by atoms with Crippen LogP contribution in [0.3, 0.4) is 0 Å². The Bertz CT molecular complexity index is 484. The van der Waals surface area contributed by atoms with Crippen molar-refractivity contribution in [3.63, 3.8) is 0 Å². The van der Waals surface area contributed by atoms with E-state index in [2.05, 4.69) is 5.32 Å². The van der Waals surface area contributed by atoms with Gasteiger partial charge < -0.3 is 9.84 Å². The van der Waals surface area contributed by atoms with Gasteiger partial charge in [0.25, 0.3) is 0 Å². The van der Waals surface area contributed by atoms with E-state index in [1.165, 1.54) is 0 Å². The molecule has 2 rings (SSSR count). The number of ether oxygens (including phenoxy) is 1. The van der Waals surface area contributed by atoms with Crippen molar-refractivity contribution in [2.45, 2.75) is 57.7 Å². The molecule has 1 aromatic rings. The fourth-order valence-corrected chi connectivity index (χ4v) is 2.42. The summed E-state index contributed by atoms with van der Waals surface area (Å²) in [6.07, 6.45) is 2.41. The van der Waals surface area contributed by atoms with Crippen LogP contribution in [0.15, 0.2) is 24.3 Å². The third-order valence-electron chi connectivity index (χ3n) is 3.59. The minimum Gasteiger partial charge on any atom is -0.491 e. The first-order valence-electron chi connectivity index (χ1n) is 7.13. The van der Waals surface area contributed by atoms with Crippen molar-refractivity contribution in [3.8, 4) is 5.75 Å². The average Bonchev–Trinajstić information content (AvgIpc) is 3.12. The van der Waals surface area contributed by atoms with Gasteiger partial charge in [-0.1, -0.05) is 12.1 Å². The van der Waals surface area contributed by atoms with Crippen LogP contribution in [0, 0.1) is 6.92 Å². The highest BCUT2D eigenvalue weighted by molar-refractivity contribution is 5.78. The maximum atomic E-state index is 11.5. The molecule has 2 atom stereocenters. The van der Waals surface area contributed by atoms with E-state index < -0.39 is 11.5 Å². The molecular weight excluding hydrogens is 254 g/mol. The van der Waals surface area contributed by atoms with Crippen LogP contribution in [-0.4, -0.2) is 28.8 Å². The van der Waals surface area contributed by atoms with E-state index in [9.17, 15) is 9.90 Å². The molecule has 2 unspecified atom stereocenters. The van der Waals surface area contributed by atoms with Gasteiger partial charge in [0.2, 0.25) is 0 Å². The summed E-state index contributed by atoms with van der Waals surface area (Å²) >= 11 is 0. The van der Waals surface area contributed by atoms with E-state index in [4.69, 9.17) is 4.74 Å². The first kappa shape index (κ1) is 14.9. The normalized spacial score (nSPS) is 19.1. The summed E-state index contributed by atoms with van der Waals surface area (Å²) in [5, 5.41) is 12.7. The number of rotatable bonds is 7. The summed E-state index contributed by atoms with van der Waals surface area (Å²) < 4.78 is 5.84. The predicted octanol–water partition coefficient (Wildman–Crippen LogP) is 2.75. The van der Waals surface area contributed by atoms with Gasteiger partial charge in [0.1, 0.15) is 11.3 Å². The van der Waals surface area contributed by atoms with Crippen LogP contribution in [0.1, 0.15) is 38.7 Å². The topological polar surface area (TPSA) is 58.6 Å². The SMILES string of the molecule is Cc1cccc(OC(C)CC(C)(NC2CC2)C(=O)O)c1. The van der Waals surface area contributed by atoms with E-state index in [0.29, 0.717) is 12.5 Å². The summed E-state index contributed by atoms with van der Waals surface area (Å²) in [4.78, 5) is 11.5. The van der Waals surface area contributed by atoms with E-state index in [0.717, 1.165) is 24.2 Å². The highest BCUT2D eigenvalue weighted by Crippen LogP contribution is 2.26. The molecule has 0 bridgehead atoms. The van der Waals surface area contributed by atoms with Crippen molar-refractivity contribution in [2.75, 3.05) is 0 Å². The Morgan fingerprint density at radius 2 is 2.25 bits per heavy atom. The lowest BCUT2D eigenvalue weighted by Crippen LogP contribution is -2.52. The number of nitrogens with one attached hydrogen (secondary N) is 1. The Morgan fingerprint density at radius 3 is 2.80 bits per heavy atom. The van der Waals surface area contributed by atoms with Gasteiger partial charge in [-0.05, 0) is 51.3 Å². The molecule has 0 amide bonds. The van der Waals surface area contributed by atoms with Crippen molar-refractivity contribution in [1.29, 1.82) is 0 Å². The molecule has 110 valence electrons. The second-order valence-corrected chi connectivity index (χ2v) is 6.00. The first-order chi connectivity index (χ1) is 9.39. The minimum atomic E-state index is -0.926. The number of carboxylic acid groups (broad SMARTS) is 1. The van der Waals surface area contributed by atoms with Crippen molar-refractivity contribution < 1.29 is 14.6 Å². The lowest BCUT2D eigenvalue weighted by Gasteiger charge is -2.29. The van der Waals surface area contributed by atoms with Crippen LogP contribution < -0.4 is 10.1 Å². The van der Waals surface area contributed by atoms with Crippen molar-refractivity contribution in [3.05, 3.63) is 29.8 Å². The molecule has 0 saturated heterocycles. The Kier molecular flexibility index (Phi) is 4.33. The molecule has 4 heteroatoms. The number of benzene rings is 1. The van der Waals surface area contributed by atoms with Gasteiger partial charge in [0, 0.05) is 12.5 Å². The quantitative estimate of drug-likeness (QED) is 0.804. The lowest BCUT2D eigenvalue weighted by atomic mass is 9.94. The Morgan fingerprint density at radius 1 is 1.55 bits per heavy atom. The van der Waals surface area contributed by atoms with Crippen LogP contribution in [0.5, 0.6) is 5.75 Å². The number of aryl methyl sites for hydroxylation is 1. The molecule has 0 aromatic heterocycles. The molecule has 1 saturated carbocycles. The van der Waals surface area contributed by atoms with Gasteiger partial charge in [-0.2, -0.15) is 0 Å². The van der Waals surface area contributed by atoms with Gasteiger partial charge in [-0.25, -0.2) is 0 Å². The van der Waals surface area contributed by atoms with Crippen molar-refractivity contribution >= 4 is 5.97 Å². The second-order valence-electron chi connectivity index (χ2n) is 6.00. The van der Waals surface area contributed by atoms with Crippen LogP contribution in [-0.2, 0) is 4.79 Å². The predicted molar refractivity (Wildman–Crippen MR) is 78.1 cm³/mol. The van der Waals surface area contributed by atoms with Crippen LogP contribution >= 0.6 is 0 Å². The van der Waals surface area contributed by atoms with Gasteiger partial charge in [0.05, 0.1) is 6.10 Å². The molecule has 0 heterocycles. The summed E-state index contributed by atoms with van der Waals surface area (Å²) in [6, 6.07) is 8.16. The molecule has 1 aromatic carbocycles. The summed E-state index contributed by atoms with van der Waals surface area (Å²) in [6.45, 7) is 5.66. The van der Waals surface area contributed by atoms with Crippen molar-refractivity contribution in [1.82, 2.24) is 5.32 Å². The molecule has 1 aliphatic carbocycles. The average molecular weight is 277 g/mol. The molecule has 1 fully saturated rings. The third-order valence-corrected chi connectivity index (χ3v) is 3.59. The molecule has 20 heavy (non-hydrogen) atoms. The zero-order chi connectivity index (χ0) is 14.8. The Hall–Kier alpha value is -1.55. The molecule has 1 aliphatic rings. The summed E-state index contributed by atoms with van der Waals surface area (Å²) in [5.74, 6) is -0.0271. The molecule has 0 spiro atoms.